The van der Waals surface area contributed by atoms with Crippen LogP contribution < -0.4 is 4.74 Å². The minimum absolute atomic E-state index is 0.123. The molecule has 116 valence electrons. The summed E-state index contributed by atoms with van der Waals surface area (Å²) in [5.41, 5.74) is 1.29. The summed E-state index contributed by atoms with van der Waals surface area (Å²) in [5, 5.41) is 9.55. The van der Waals surface area contributed by atoms with E-state index in [4.69, 9.17) is 16.3 Å². The first-order valence-corrected chi connectivity index (χ1v) is 7.17. The molecular weight excluding hydrogens is 304 g/mol. The van der Waals surface area contributed by atoms with Gasteiger partial charge in [0.1, 0.15) is 10.9 Å². The summed E-state index contributed by atoms with van der Waals surface area (Å²) < 4.78 is 5.30. The van der Waals surface area contributed by atoms with Gasteiger partial charge in [-0.1, -0.05) is 29.8 Å². The van der Waals surface area contributed by atoms with E-state index in [1.165, 1.54) is 6.20 Å². The molecule has 0 saturated heterocycles. The van der Waals surface area contributed by atoms with Crippen molar-refractivity contribution in [3.63, 3.8) is 0 Å². The quantitative estimate of drug-likeness (QED) is 0.830. The first kappa shape index (κ1) is 16.3. The first-order chi connectivity index (χ1) is 10.7. The summed E-state index contributed by atoms with van der Waals surface area (Å²) >= 11 is 5.73. The molecule has 2 rings (SSSR count). The van der Waals surface area contributed by atoms with Crippen molar-refractivity contribution in [3.05, 3.63) is 58.9 Å². The number of benzene rings is 1. The molecule has 0 fully saturated rings. The average Bonchev–Trinajstić information content (AvgIpc) is 2.55. The van der Waals surface area contributed by atoms with Crippen molar-refractivity contribution in [3.8, 4) is 5.75 Å². The second-order valence-corrected chi connectivity index (χ2v) is 5.02. The molecule has 1 amide bonds. The van der Waals surface area contributed by atoms with Gasteiger partial charge in [-0.2, -0.15) is 0 Å². The molecule has 0 atom stereocenters. The second kappa shape index (κ2) is 7.77. The third-order valence-electron chi connectivity index (χ3n) is 3.19. The van der Waals surface area contributed by atoms with Gasteiger partial charge in [0.15, 0.2) is 0 Å². The molecule has 0 spiro atoms. The van der Waals surface area contributed by atoms with Gasteiger partial charge < -0.3 is 14.7 Å². The van der Waals surface area contributed by atoms with Gasteiger partial charge in [0.25, 0.3) is 5.91 Å². The maximum Gasteiger partial charge on any atom is 0.255 e. The Balaban J connectivity index is 2.22. The molecule has 0 aliphatic heterocycles. The molecule has 0 unspecified atom stereocenters. The monoisotopic (exact) mass is 320 g/mol. The predicted octanol–water partition coefficient (Wildman–Crippen LogP) is 2.38. The highest BCUT2D eigenvalue weighted by Gasteiger charge is 2.17. The highest BCUT2D eigenvalue weighted by atomic mass is 35.5. The molecule has 1 heterocycles. The topological polar surface area (TPSA) is 62.7 Å². The van der Waals surface area contributed by atoms with E-state index < -0.39 is 0 Å². The highest BCUT2D eigenvalue weighted by molar-refractivity contribution is 6.29. The van der Waals surface area contributed by atoms with E-state index >= 15 is 0 Å². The number of methoxy groups -OCH3 is 1. The van der Waals surface area contributed by atoms with Gasteiger partial charge in [0.2, 0.25) is 0 Å². The van der Waals surface area contributed by atoms with Crippen LogP contribution in [0, 0.1) is 0 Å². The van der Waals surface area contributed by atoms with Crippen molar-refractivity contribution in [1.82, 2.24) is 9.88 Å². The lowest BCUT2D eigenvalue weighted by atomic mass is 10.1. The van der Waals surface area contributed by atoms with Crippen LogP contribution in [0.4, 0.5) is 0 Å². The number of pyridine rings is 1. The van der Waals surface area contributed by atoms with Gasteiger partial charge in [0, 0.05) is 24.8 Å². The Morgan fingerprint density at radius 1 is 1.32 bits per heavy atom. The summed E-state index contributed by atoms with van der Waals surface area (Å²) in [5.74, 6) is 0.483. The fraction of sp³-hybridized carbons (Fsp3) is 0.250. The Labute approximate surface area is 134 Å². The molecule has 6 heteroatoms. The summed E-state index contributed by atoms with van der Waals surface area (Å²) in [6, 6.07) is 10.6. The molecular formula is C16H17ClN2O3. The van der Waals surface area contributed by atoms with Crippen molar-refractivity contribution in [2.75, 3.05) is 20.3 Å². The first-order valence-electron chi connectivity index (χ1n) is 6.79. The summed E-state index contributed by atoms with van der Waals surface area (Å²) in [6.07, 6.45) is 1.43. The SMILES string of the molecule is COc1ccccc1CN(CCO)C(=O)c1ccc(Cl)nc1. The third kappa shape index (κ3) is 3.96. The van der Waals surface area contributed by atoms with Crippen LogP contribution in [-0.2, 0) is 6.54 Å². The van der Waals surface area contributed by atoms with Crippen molar-refractivity contribution in [1.29, 1.82) is 0 Å². The number of ether oxygens (including phenoxy) is 1. The van der Waals surface area contributed by atoms with E-state index in [-0.39, 0.29) is 19.1 Å². The summed E-state index contributed by atoms with van der Waals surface area (Å²) in [7, 11) is 1.58. The molecule has 22 heavy (non-hydrogen) atoms. The van der Waals surface area contributed by atoms with Crippen LogP contribution in [0.3, 0.4) is 0 Å². The van der Waals surface area contributed by atoms with Crippen molar-refractivity contribution in [2.24, 2.45) is 0 Å². The van der Waals surface area contributed by atoms with Crippen LogP contribution >= 0.6 is 11.6 Å². The Morgan fingerprint density at radius 2 is 2.09 bits per heavy atom. The van der Waals surface area contributed by atoms with Crippen molar-refractivity contribution < 1.29 is 14.6 Å². The van der Waals surface area contributed by atoms with Crippen LogP contribution in [0.15, 0.2) is 42.6 Å². The molecule has 0 aliphatic carbocycles. The largest absolute Gasteiger partial charge is 0.496 e. The molecule has 2 aromatic rings. The number of rotatable bonds is 6. The molecule has 1 N–H and O–H groups in total. The molecule has 0 bridgehead atoms. The van der Waals surface area contributed by atoms with Gasteiger partial charge in [0.05, 0.1) is 19.3 Å². The molecule has 0 saturated carbocycles. The second-order valence-electron chi connectivity index (χ2n) is 4.63. The molecule has 5 nitrogen and oxygen atoms in total. The van der Waals surface area contributed by atoms with Crippen molar-refractivity contribution in [2.45, 2.75) is 6.54 Å². The van der Waals surface area contributed by atoms with Gasteiger partial charge in [-0.25, -0.2) is 4.98 Å². The predicted molar refractivity (Wildman–Crippen MR) is 84.1 cm³/mol. The standard InChI is InChI=1S/C16H17ClN2O3/c1-22-14-5-3-2-4-13(14)11-19(8-9-20)16(21)12-6-7-15(17)18-10-12/h2-7,10,20H,8-9,11H2,1H3. The van der Waals surface area contributed by atoms with Gasteiger partial charge in [-0.3, -0.25) is 4.79 Å². The maximum atomic E-state index is 12.5. The number of nitrogens with zero attached hydrogens (tertiary/aromatic N) is 2. The molecule has 0 aliphatic rings. The van der Waals surface area contributed by atoms with Crippen LogP contribution in [0.2, 0.25) is 5.15 Å². The zero-order valence-corrected chi connectivity index (χ0v) is 13.0. The lowest BCUT2D eigenvalue weighted by molar-refractivity contribution is 0.0706. The van der Waals surface area contributed by atoms with Gasteiger partial charge in [-0.05, 0) is 18.2 Å². The molecule has 1 aromatic carbocycles. The van der Waals surface area contributed by atoms with Crippen molar-refractivity contribution >= 4 is 17.5 Å². The smallest absolute Gasteiger partial charge is 0.255 e. The van der Waals surface area contributed by atoms with Gasteiger partial charge >= 0.3 is 0 Å². The lowest BCUT2D eigenvalue weighted by Crippen LogP contribution is -2.33. The van der Waals surface area contributed by atoms with E-state index in [1.807, 2.05) is 24.3 Å². The number of carbonyl (C=O) groups is 1. The number of amides is 1. The number of halogens is 1. The number of para-hydroxylation sites is 1. The molecule has 0 radical (unpaired) electrons. The zero-order chi connectivity index (χ0) is 15.9. The Hall–Kier alpha value is -2.11. The van der Waals surface area contributed by atoms with E-state index in [0.29, 0.717) is 23.0 Å². The Morgan fingerprint density at radius 3 is 2.73 bits per heavy atom. The third-order valence-corrected chi connectivity index (χ3v) is 3.41. The maximum absolute atomic E-state index is 12.5. The van der Waals surface area contributed by atoms with E-state index in [2.05, 4.69) is 4.98 Å². The Kier molecular flexibility index (Phi) is 5.75. The van der Waals surface area contributed by atoms with E-state index in [1.54, 1.807) is 24.1 Å². The number of hydrogen-bond acceptors (Lipinski definition) is 4. The van der Waals surface area contributed by atoms with E-state index in [9.17, 15) is 9.90 Å². The highest BCUT2D eigenvalue weighted by Crippen LogP contribution is 2.20. The normalized spacial score (nSPS) is 10.3. The van der Waals surface area contributed by atoms with Crippen LogP contribution in [0.1, 0.15) is 15.9 Å². The van der Waals surface area contributed by atoms with Crippen LogP contribution in [0.5, 0.6) is 5.75 Å². The zero-order valence-electron chi connectivity index (χ0n) is 12.2. The van der Waals surface area contributed by atoms with Crippen LogP contribution in [0.25, 0.3) is 0 Å². The number of aliphatic hydroxyl groups excluding tert-OH is 1. The lowest BCUT2D eigenvalue weighted by Gasteiger charge is -2.23. The average molecular weight is 321 g/mol. The minimum atomic E-state index is -0.218. The fourth-order valence-electron chi connectivity index (χ4n) is 2.10. The summed E-state index contributed by atoms with van der Waals surface area (Å²) in [4.78, 5) is 18.0. The number of carbonyl (C=O) groups excluding carboxylic acids is 1. The Bertz CT molecular complexity index is 632. The number of aliphatic hydroxyl groups is 1. The number of hydrogen-bond donors (Lipinski definition) is 1. The van der Waals surface area contributed by atoms with E-state index in [0.717, 1.165) is 5.56 Å². The molecule has 1 aromatic heterocycles. The van der Waals surface area contributed by atoms with Crippen LogP contribution in [-0.4, -0.2) is 41.2 Å². The number of aromatic nitrogens is 1. The van der Waals surface area contributed by atoms with Gasteiger partial charge in [-0.15, -0.1) is 0 Å². The minimum Gasteiger partial charge on any atom is -0.496 e. The summed E-state index contributed by atoms with van der Waals surface area (Å²) in [6.45, 7) is 0.438. The fourth-order valence-corrected chi connectivity index (χ4v) is 2.21.